The van der Waals surface area contributed by atoms with E-state index in [1.54, 1.807) is 42.5 Å². The minimum atomic E-state index is -2.98. The highest BCUT2D eigenvalue weighted by atomic mass is 32.2. The Labute approximate surface area is 196 Å². The molecular formula is C24H21N3O4S2. The predicted molar refractivity (Wildman–Crippen MR) is 132 cm³/mol. The molecular weight excluding hydrogens is 458 g/mol. The highest BCUT2D eigenvalue weighted by Gasteiger charge is 2.42. The first kappa shape index (κ1) is 21.5. The second-order valence-electron chi connectivity index (χ2n) is 7.83. The van der Waals surface area contributed by atoms with E-state index in [4.69, 9.17) is 4.74 Å². The minimum Gasteiger partial charge on any atom is -0.457 e. The highest BCUT2D eigenvalue weighted by molar-refractivity contribution is 8.15. The van der Waals surface area contributed by atoms with Gasteiger partial charge in [0.05, 0.1) is 17.5 Å². The number of nitrogens with zero attached hydrogens (tertiary/aromatic N) is 1. The number of anilines is 2. The monoisotopic (exact) mass is 479 g/mol. The van der Waals surface area contributed by atoms with E-state index in [2.05, 4.69) is 15.6 Å². The second kappa shape index (κ2) is 8.92. The molecule has 2 atom stereocenters. The van der Waals surface area contributed by atoms with Crippen LogP contribution >= 0.6 is 11.8 Å². The number of aliphatic imine (C=N–C) groups is 1. The van der Waals surface area contributed by atoms with Crippen LogP contribution in [-0.4, -0.2) is 42.3 Å². The van der Waals surface area contributed by atoms with Crippen LogP contribution in [0.5, 0.6) is 11.5 Å². The summed E-state index contributed by atoms with van der Waals surface area (Å²) in [5.74, 6) is 1.45. The van der Waals surface area contributed by atoms with Crippen LogP contribution in [0, 0.1) is 0 Å². The molecule has 0 saturated carbocycles. The van der Waals surface area contributed by atoms with Gasteiger partial charge in [-0.3, -0.25) is 9.79 Å². The molecule has 2 N–H and O–H groups in total. The normalized spacial score (nSPS) is 20.5. The average molecular weight is 480 g/mol. The molecule has 3 aromatic carbocycles. The lowest BCUT2D eigenvalue weighted by molar-refractivity contribution is 0.102. The first-order chi connectivity index (χ1) is 15.9. The molecule has 0 bridgehead atoms. The van der Waals surface area contributed by atoms with Crippen molar-refractivity contribution in [1.82, 2.24) is 0 Å². The molecule has 5 rings (SSSR count). The number of para-hydroxylation sites is 1. The Kier molecular flexibility index (Phi) is 5.82. The zero-order valence-electron chi connectivity index (χ0n) is 17.5. The van der Waals surface area contributed by atoms with Crippen LogP contribution < -0.4 is 15.4 Å². The van der Waals surface area contributed by atoms with Crippen molar-refractivity contribution in [3.8, 4) is 11.5 Å². The molecule has 0 unspecified atom stereocenters. The van der Waals surface area contributed by atoms with Crippen LogP contribution in [0.15, 0.2) is 83.9 Å². The number of fused-ring (bicyclic) bond motifs is 1. The fourth-order valence-electron chi connectivity index (χ4n) is 3.71. The number of hydrogen-bond acceptors (Lipinski definition) is 7. The zero-order valence-corrected chi connectivity index (χ0v) is 19.1. The number of rotatable bonds is 5. The Balaban J connectivity index is 1.21. The Hall–Kier alpha value is -3.30. The van der Waals surface area contributed by atoms with Gasteiger partial charge >= 0.3 is 0 Å². The number of carbonyl (C=O) groups is 1. The van der Waals surface area contributed by atoms with E-state index >= 15 is 0 Å². The summed E-state index contributed by atoms with van der Waals surface area (Å²) in [5.41, 5.74) is 1.88. The molecule has 9 heteroatoms. The summed E-state index contributed by atoms with van der Waals surface area (Å²) < 4.78 is 29.2. The van der Waals surface area contributed by atoms with E-state index < -0.39 is 9.84 Å². The topological polar surface area (TPSA) is 96.9 Å². The first-order valence-electron chi connectivity index (χ1n) is 10.4. The molecule has 1 fully saturated rings. The number of carbonyl (C=O) groups excluding carboxylic acids is 1. The number of ether oxygens (including phenoxy) is 1. The van der Waals surface area contributed by atoms with E-state index in [9.17, 15) is 13.2 Å². The largest absolute Gasteiger partial charge is 0.457 e. The quantitative estimate of drug-likeness (QED) is 0.563. The SMILES string of the molecule is O=C(Nc1ccc(Oc2ccccc2)cc1)c1cccc(NC2=N[C@H]3CS(=O)(=O)C[C@@H]3S2)c1. The molecule has 2 heterocycles. The smallest absolute Gasteiger partial charge is 0.255 e. The van der Waals surface area contributed by atoms with Gasteiger partial charge < -0.3 is 15.4 Å². The Morgan fingerprint density at radius 3 is 2.42 bits per heavy atom. The van der Waals surface area contributed by atoms with Gasteiger partial charge in [-0.25, -0.2) is 8.42 Å². The fourth-order valence-corrected chi connectivity index (χ4v) is 7.39. The maximum absolute atomic E-state index is 12.7. The number of benzene rings is 3. The van der Waals surface area contributed by atoms with Crippen molar-refractivity contribution < 1.29 is 17.9 Å². The van der Waals surface area contributed by atoms with Gasteiger partial charge in [0, 0.05) is 22.2 Å². The summed E-state index contributed by atoms with van der Waals surface area (Å²) in [6.45, 7) is 0. The van der Waals surface area contributed by atoms with E-state index in [0.29, 0.717) is 22.2 Å². The molecule has 1 amide bonds. The zero-order chi connectivity index (χ0) is 22.8. The number of nitrogens with one attached hydrogen (secondary N) is 2. The lowest BCUT2D eigenvalue weighted by Gasteiger charge is -2.10. The molecule has 1 saturated heterocycles. The van der Waals surface area contributed by atoms with Crippen molar-refractivity contribution in [2.75, 3.05) is 22.1 Å². The predicted octanol–water partition coefficient (Wildman–Crippen LogP) is 4.41. The summed E-state index contributed by atoms with van der Waals surface area (Å²) >= 11 is 1.44. The number of amides is 1. The summed E-state index contributed by atoms with van der Waals surface area (Å²) in [6, 6.07) is 23.6. The average Bonchev–Trinajstić information content (AvgIpc) is 3.28. The Morgan fingerprint density at radius 2 is 1.67 bits per heavy atom. The molecule has 0 spiro atoms. The van der Waals surface area contributed by atoms with Crippen LogP contribution in [-0.2, 0) is 9.84 Å². The van der Waals surface area contributed by atoms with Gasteiger partial charge in [0.2, 0.25) is 0 Å². The summed E-state index contributed by atoms with van der Waals surface area (Å²) in [7, 11) is -2.98. The Morgan fingerprint density at radius 1 is 0.909 bits per heavy atom. The fraction of sp³-hybridized carbons (Fsp3) is 0.167. The van der Waals surface area contributed by atoms with Crippen molar-refractivity contribution in [1.29, 1.82) is 0 Å². The standard InChI is InChI=1S/C24H21N3O4S2/c28-23(25-17-9-11-20(12-10-17)31-19-7-2-1-3-8-19)16-5-4-6-18(13-16)26-24-27-21-14-33(29,30)15-22(21)32-24/h1-13,21-22H,14-15H2,(H,25,28)(H,26,27)/t21-,22-/m0/s1. The third-order valence-electron chi connectivity index (χ3n) is 5.29. The lowest BCUT2D eigenvalue weighted by atomic mass is 10.2. The van der Waals surface area contributed by atoms with Crippen LogP contribution in [0.4, 0.5) is 11.4 Å². The maximum Gasteiger partial charge on any atom is 0.255 e. The third-order valence-corrected chi connectivity index (χ3v) is 8.43. The van der Waals surface area contributed by atoms with E-state index in [1.807, 2.05) is 36.4 Å². The van der Waals surface area contributed by atoms with Gasteiger partial charge in [0.15, 0.2) is 15.0 Å². The maximum atomic E-state index is 12.7. The third kappa shape index (κ3) is 5.20. The van der Waals surface area contributed by atoms with Crippen molar-refractivity contribution >= 4 is 44.0 Å². The van der Waals surface area contributed by atoms with Crippen molar-refractivity contribution in [2.45, 2.75) is 11.3 Å². The van der Waals surface area contributed by atoms with Gasteiger partial charge in [-0.15, -0.1) is 0 Å². The summed E-state index contributed by atoms with van der Waals surface area (Å²) in [6.07, 6.45) is 0. The van der Waals surface area contributed by atoms with E-state index in [-0.39, 0.29) is 28.7 Å². The van der Waals surface area contributed by atoms with Gasteiger partial charge in [0.25, 0.3) is 5.91 Å². The van der Waals surface area contributed by atoms with Gasteiger partial charge in [-0.05, 0) is 54.6 Å². The molecule has 2 aliphatic rings. The molecule has 3 aromatic rings. The van der Waals surface area contributed by atoms with Crippen molar-refractivity contribution in [3.63, 3.8) is 0 Å². The molecule has 0 aromatic heterocycles. The van der Waals surface area contributed by atoms with Gasteiger partial charge in [-0.1, -0.05) is 36.0 Å². The molecule has 168 valence electrons. The molecule has 0 radical (unpaired) electrons. The first-order valence-corrected chi connectivity index (χ1v) is 13.1. The molecule has 2 aliphatic heterocycles. The van der Waals surface area contributed by atoms with Crippen molar-refractivity contribution in [2.24, 2.45) is 4.99 Å². The van der Waals surface area contributed by atoms with Crippen LogP contribution in [0.25, 0.3) is 0 Å². The van der Waals surface area contributed by atoms with Crippen LogP contribution in [0.3, 0.4) is 0 Å². The van der Waals surface area contributed by atoms with E-state index in [0.717, 1.165) is 11.4 Å². The van der Waals surface area contributed by atoms with Crippen LogP contribution in [0.1, 0.15) is 10.4 Å². The number of amidine groups is 1. The Bertz CT molecular complexity index is 1310. The minimum absolute atomic E-state index is 0.0298. The number of thioether (sulfide) groups is 1. The molecule has 7 nitrogen and oxygen atoms in total. The second-order valence-corrected chi connectivity index (χ2v) is 11.2. The highest BCUT2D eigenvalue weighted by Crippen LogP contribution is 2.34. The van der Waals surface area contributed by atoms with E-state index in [1.165, 1.54) is 11.8 Å². The lowest BCUT2D eigenvalue weighted by Crippen LogP contribution is -2.14. The van der Waals surface area contributed by atoms with Crippen LogP contribution in [0.2, 0.25) is 0 Å². The number of sulfone groups is 1. The number of hydrogen-bond donors (Lipinski definition) is 2. The van der Waals surface area contributed by atoms with Crippen molar-refractivity contribution in [3.05, 3.63) is 84.4 Å². The van der Waals surface area contributed by atoms with Gasteiger partial charge in [-0.2, -0.15) is 0 Å². The van der Waals surface area contributed by atoms with Gasteiger partial charge in [0.1, 0.15) is 11.5 Å². The summed E-state index contributed by atoms with van der Waals surface area (Å²) in [4.78, 5) is 17.2. The molecule has 33 heavy (non-hydrogen) atoms. The summed E-state index contributed by atoms with van der Waals surface area (Å²) in [5, 5.41) is 6.75. The molecule has 0 aliphatic carbocycles.